The molecule has 0 atom stereocenters. The van der Waals surface area contributed by atoms with Crippen LogP contribution in [0, 0.1) is 6.92 Å². The van der Waals surface area contributed by atoms with Gasteiger partial charge in [-0.1, -0.05) is 153 Å². The number of rotatable bonds is 0. The van der Waals surface area contributed by atoms with Crippen molar-refractivity contribution in [2.24, 2.45) is 0 Å². The van der Waals surface area contributed by atoms with Gasteiger partial charge in [-0.05, 0) is 101 Å². The largest absolute Gasteiger partial charge is 0.244 e. The zero-order chi connectivity index (χ0) is 30.9. The molecular formula is C45H33B. The molecule has 0 radical (unpaired) electrons. The number of aryl methyl sites for hydroxylation is 1. The lowest BCUT2D eigenvalue weighted by Crippen LogP contribution is -2.57. The molecule has 7 aromatic rings. The Hall–Kier alpha value is -4.88. The quantitative estimate of drug-likeness (QED) is 0.156. The van der Waals surface area contributed by atoms with Gasteiger partial charge in [-0.25, -0.2) is 0 Å². The Bertz CT molecular complexity index is 2420. The second-order valence-corrected chi connectivity index (χ2v) is 15.3. The van der Waals surface area contributed by atoms with Gasteiger partial charge >= 0.3 is 0 Å². The molecule has 0 bridgehead atoms. The molecule has 0 unspecified atom stereocenters. The van der Waals surface area contributed by atoms with E-state index in [2.05, 4.69) is 144 Å². The van der Waals surface area contributed by atoms with Crippen molar-refractivity contribution in [3.63, 3.8) is 0 Å². The summed E-state index contributed by atoms with van der Waals surface area (Å²) in [4.78, 5) is 0. The molecule has 2 aliphatic heterocycles. The van der Waals surface area contributed by atoms with Crippen LogP contribution in [0.15, 0.2) is 109 Å². The Morgan fingerprint density at radius 2 is 0.870 bits per heavy atom. The molecule has 4 aliphatic rings. The zero-order valence-corrected chi connectivity index (χ0v) is 27.0. The highest BCUT2D eigenvalue weighted by Crippen LogP contribution is 2.54. The number of benzene rings is 7. The minimum atomic E-state index is -0.0630. The molecule has 7 aromatic carbocycles. The average molecular weight is 585 g/mol. The molecule has 11 rings (SSSR count). The van der Waals surface area contributed by atoms with Crippen LogP contribution in [0.3, 0.4) is 0 Å². The molecule has 216 valence electrons. The first-order chi connectivity index (χ1) is 22.3. The monoisotopic (exact) mass is 584 g/mol. The van der Waals surface area contributed by atoms with Gasteiger partial charge in [0.05, 0.1) is 0 Å². The maximum atomic E-state index is 2.63. The molecule has 0 aromatic heterocycles. The van der Waals surface area contributed by atoms with Gasteiger partial charge in [-0.3, -0.25) is 0 Å². The van der Waals surface area contributed by atoms with Crippen molar-refractivity contribution < 1.29 is 0 Å². The fourth-order valence-corrected chi connectivity index (χ4v) is 10.3. The summed E-state index contributed by atoms with van der Waals surface area (Å²) < 4.78 is 0. The second-order valence-electron chi connectivity index (χ2n) is 15.3. The minimum absolute atomic E-state index is 0.0630. The SMILES string of the molecule is Cc1cc2c3c(c1)-c1cccc4c5c(cc(c14)B3c1cc3c(c4cccc-2c14)-c1ccccc1C3(C)C)C(C)(C)c1ccccc1-5. The van der Waals surface area contributed by atoms with E-state index >= 15 is 0 Å². The Morgan fingerprint density at radius 1 is 0.435 bits per heavy atom. The summed E-state index contributed by atoms with van der Waals surface area (Å²) >= 11 is 0. The lowest BCUT2D eigenvalue weighted by molar-refractivity contribution is 0.661. The Balaban J connectivity index is 1.34. The maximum absolute atomic E-state index is 2.63. The Labute approximate surface area is 270 Å². The molecule has 1 heteroatoms. The van der Waals surface area contributed by atoms with Crippen LogP contribution in [0.1, 0.15) is 55.5 Å². The number of hydrogen-bond donors (Lipinski definition) is 0. The molecule has 0 saturated carbocycles. The topological polar surface area (TPSA) is 0 Å². The molecule has 2 heterocycles. The van der Waals surface area contributed by atoms with Crippen LogP contribution in [0.2, 0.25) is 0 Å². The van der Waals surface area contributed by atoms with Crippen LogP contribution in [0.25, 0.3) is 66.1 Å². The summed E-state index contributed by atoms with van der Waals surface area (Å²) in [5.41, 5.74) is 22.7. The van der Waals surface area contributed by atoms with Crippen LogP contribution >= 0.6 is 0 Å². The number of hydrogen-bond acceptors (Lipinski definition) is 0. The van der Waals surface area contributed by atoms with Gasteiger partial charge in [-0.15, -0.1) is 0 Å². The Morgan fingerprint density at radius 3 is 1.35 bits per heavy atom. The molecule has 0 spiro atoms. The summed E-state index contributed by atoms with van der Waals surface area (Å²) in [6.07, 6.45) is 0. The lowest BCUT2D eigenvalue weighted by Gasteiger charge is -2.36. The molecule has 0 saturated heterocycles. The van der Waals surface area contributed by atoms with Crippen molar-refractivity contribution in [1.29, 1.82) is 0 Å². The van der Waals surface area contributed by atoms with E-state index in [0.717, 1.165) is 0 Å². The van der Waals surface area contributed by atoms with Crippen molar-refractivity contribution in [2.75, 3.05) is 0 Å². The first-order valence-electron chi connectivity index (χ1n) is 16.8. The zero-order valence-electron chi connectivity index (χ0n) is 27.0. The van der Waals surface area contributed by atoms with Gasteiger partial charge in [0, 0.05) is 10.8 Å². The van der Waals surface area contributed by atoms with E-state index in [9.17, 15) is 0 Å². The van der Waals surface area contributed by atoms with Crippen molar-refractivity contribution in [1.82, 2.24) is 0 Å². The summed E-state index contributed by atoms with van der Waals surface area (Å²) in [7, 11) is 0. The third kappa shape index (κ3) is 2.70. The highest BCUT2D eigenvalue weighted by atomic mass is 14.4. The first-order valence-corrected chi connectivity index (χ1v) is 16.8. The number of fused-ring (bicyclic) bond motifs is 12. The second kappa shape index (κ2) is 7.91. The van der Waals surface area contributed by atoms with E-state index < -0.39 is 0 Å². The summed E-state index contributed by atoms with van der Waals surface area (Å²) in [6.45, 7) is 12.2. The van der Waals surface area contributed by atoms with Crippen LogP contribution in [-0.4, -0.2) is 6.71 Å². The minimum Gasteiger partial charge on any atom is -0.0619 e. The van der Waals surface area contributed by atoms with Gasteiger partial charge in [-0.2, -0.15) is 0 Å². The molecule has 0 N–H and O–H groups in total. The van der Waals surface area contributed by atoms with E-state index in [1.165, 1.54) is 110 Å². The molecule has 0 fully saturated rings. The third-order valence-corrected chi connectivity index (χ3v) is 12.3. The van der Waals surface area contributed by atoms with Gasteiger partial charge in [0.25, 0.3) is 0 Å². The van der Waals surface area contributed by atoms with E-state index in [1.807, 2.05) is 0 Å². The molecule has 0 amide bonds. The fourth-order valence-electron chi connectivity index (χ4n) is 10.3. The highest BCUT2D eigenvalue weighted by molar-refractivity contribution is 7.01. The summed E-state index contributed by atoms with van der Waals surface area (Å²) in [6, 6.07) is 42.6. The predicted octanol–water partition coefficient (Wildman–Crippen LogP) is 9.39. The van der Waals surface area contributed by atoms with Crippen molar-refractivity contribution >= 4 is 44.6 Å². The standard InChI is InChI=1S/C45H33B/c1-24-20-31-25-14-10-16-29-39-27-12-6-8-18-33(27)44(2,3)35(39)22-37(41(25)29)46-38-23-36-40(28-13-7-9-19-34(28)45(36,4)5)30-17-11-15-26(42(30)38)32(21-24)43(31)46/h6-23H,1-5H3. The molecule has 46 heavy (non-hydrogen) atoms. The van der Waals surface area contributed by atoms with E-state index in [4.69, 9.17) is 0 Å². The normalized spacial score (nSPS) is 16.2. The van der Waals surface area contributed by atoms with Crippen LogP contribution in [0.4, 0.5) is 0 Å². The van der Waals surface area contributed by atoms with Crippen molar-refractivity contribution in [2.45, 2.75) is 45.4 Å². The molecular weight excluding hydrogens is 551 g/mol. The van der Waals surface area contributed by atoms with Crippen molar-refractivity contribution in [3.05, 3.63) is 137 Å². The van der Waals surface area contributed by atoms with Gasteiger partial charge in [0.2, 0.25) is 6.71 Å². The fraction of sp³-hybridized carbons (Fsp3) is 0.156. The van der Waals surface area contributed by atoms with Gasteiger partial charge < -0.3 is 0 Å². The van der Waals surface area contributed by atoms with Crippen LogP contribution in [-0.2, 0) is 10.8 Å². The maximum Gasteiger partial charge on any atom is 0.244 e. The highest BCUT2D eigenvalue weighted by Gasteiger charge is 2.45. The van der Waals surface area contributed by atoms with Crippen LogP contribution < -0.4 is 16.4 Å². The van der Waals surface area contributed by atoms with E-state index in [-0.39, 0.29) is 17.5 Å². The predicted molar refractivity (Wildman–Crippen MR) is 197 cm³/mol. The summed E-state index contributed by atoms with van der Waals surface area (Å²) in [5.74, 6) is 0. The van der Waals surface area contributed by atoms with Crippen LogP contribution in [0.5, 0.6) is 0 Å². The average Bonchev–Trinajstić information content (AvgIpc) is 3.44. The molecule has 2 aliphatic carbocycles. The van der Waals surface area contributed by atoms with Gasteiger partial charge in [0.15, 0.2) is 0 Å². The molecule has 0 nitrogen and oxygen atoms in total. The first kappa shape index (κ1) is 25.3. The van der Waals surface area contributed by atoms with Gasteiger partial charge in [0.1, 0.15) is 0 Å². The van der Waals surface area contributed by atoms with E-state index in [0.29, 0.717) is 0 Å². The smallest absolute Gasteiger partial charge is 0.0619 e. The Kier molecular flexibility index (Phi) is 4.36. The summed E-state index contributed by atoms with van der Waals surface area (Å²) in [5, 5.41) is 5.69. The third-order valence-electron chi connectivity index (χ3n) is 12.3. The lowest BCUT2D eigenvalue weighted by atomic mass is 9.30. The van der Waals surface area contributed by atoms with E-state index in [1.54, 1.807) is 0 Å². The van der Waals surface area contributed by atoms with Crippen molar-refractivity contribution in [3.8, 4) is 44.5 Å².